The monoisotopic (exact) mass is 220 g/mol. The van der Waals surface area contributed by atoms with Gasteiger partial charge in [-0.1, -0.05) is 11.6 Å². The molecule has 0 spiro atoms. The Kier molecular flexibility index (Phi) is 2.96. The predicted molar refractivity (Wildman–Crippen MR) is 62.4 cm³/mol. The fraction of sp³-hybridized carbons (Fsp3) is 0.769. The van der Waals surface area contributed by atoms with E-state index in [1.165, 1.54) is 44.3 Å². The van der Waals surface area contributed by atoms with Crippen molar-refractivity contribution in [2.75, 3.05) is 13.1 Å². The first-order valence-corrected chi connectivity index (χ1v) is 6.58. The van der Waals surface area contributed by atoms with Crippen LogP contribution in [0.15, 0.2) is 10.6 Å². The summed E-state index contributed by atoms with van der Waals surface area (Å²) in [6, 6.07) is 2.19. The van der Waals surface area contributed by atoms with Crippen molar-refractivity contribution < 1.29 is 4.52 Å². The van der Waals surface area contributed by atoms with Crippen molar-refractivity contribution in [3.05, 3.63) is 17.5 Å². The van der Waals surface area contributed by atoms with Gasteiger partial charge >= 0.3 is 0 Å². The van der Waals surface area contributed by atoms with E-state index in [-0.39, 0.29) is 0 Å². The maximum atomic E-state index is 5.45. The Bertz CT molecular complexity index is 337. The van der Waals surface area contributed by atoms with Crippen LogP contribution in [0, 0.1) is 5.92 Å². The largest absolute Gasteiger partial charge is 0.361 e. The smallest absolute Gasteiger partial charge is 0.137 e. The summed E-state index contributed by atoms with van der Waals surface area (Å²) in [6.45, 7) is 2.32. The first kappa shape index (κ1) is 10.3. The van der Waals surface area contributed by atoms with E-state index >= 15 is 0 Å². The molecule has 3 heteroatoms. The molecule has 1 aliphatic carbocycles. The van der Waals surface area contributed by atoms with Crippen LogP contribution in [0.5, 0.6) is 0 Å². The van der Waals surface area contributed by atoms with Crippen LogP contribution in [0.25, 0.3) is 0 Å². The van der Waals surface area contributed by atoms with Gasteiger partial charge in [-0.05, 0) is 44.7 Å². The first-order chi connectivity index (χ1) is 7.92. The van der Waals surface area contributed by atoms with Gasteiger partial charge in [-0.15, -0.1) is 0 Å². The highest BCUT2D eigenvalue weighted by atomic mass is 16.5. The second-order valence-corrected chi connectivity index (χ2v) is 5.26. The molecule has 0 amide bonds. The van der Waals surface area contributed by atoms with E-state index in [2.05, 4.69) is 16.5 Å². The van der Waals surface area contributed by atoms with Crippen molar-refractivity contribution in [3.63, 3.8) is 0 Å². The number of hydrogen-bond acceptors (Lipinski definition) is 3. The van der Waals surface area contributed by atoms with Crippen LogP contribution in [0.4, 0.5) is 0 Å². The standard InChI is InChI=1S/C13H20N2O/c1-4-11(5-1)13-8-12(16-15-13)7-10-3-2-6-14-9-10/h8,10-11,14H,1-7,9H2. The van der Waals surface area contributed by atoms with Crippen LogP contribution < -0.4 is 5.32 Å². The van der Waals surface area contributed by atoms with E-state index in [9.17, 15) is 0 Å². The van der Waals surface area contributed by atoms with Gasteiger partial charge in [0.2, 0.25) is 0 Å². The van der Waals surface area contributed by atoms with Gasteiger partial charge < -0.3 is 9.84 Å². The molecule has 16 heavy (non-hydrogen) atoms. The molecule has 2 heterocycles. The number of piperidine rings is 1. The second-order valence-electron chi connectivity index (χ2n) is 5.26. The van der Waals surface area contributed by atoms with E-state index in [1.807, 2.05) is 0 Å². The Hall–Kier alpha value is -0.830. The number of rotatable bonds is 3. The van der Waals surface area contributed by atoms with Crippen LogP contribution >= 0.6 is 0 Å². The third-order valence-electron chi connectivity index (χ3n) is 3.99. The summed E-state index contributed by atoms with van der Waals surface area (Å²) in [5, 5.41) is 7.65. The summed E-state index contributed by atoms with van der Waals surface area (Å²) in [5.74, 6) is 2.54. The number of aromatic nitrogens is 1. The van der Waals surface area contributed by atoms with Crippen LogP contribution in [0.1, 0.15) is 49.5 Å². The predicted octanol–water partition coefficient (Wildman–Crippen LogP) is 2.48. The number of nitrogens with one attached hydrogen (secondary N) is 1. The summed E-state index contributed by atoms with van der Waals surface area (Å²) in [6.07, 6.45) is 7.65. The second kappa shape index (κ2) is 4.58. The molecule has 0 bridgehead atoms. The molecule has 1 N–H and O–H groups in total. The normalized spacial score (nSPS) is 26.6. The molecular weight excluding hydrogens is 200 g/mol. The molecule has 88 valence electrons. The zero-order chi connectivity index (χ0) is 10.8. The van der Waals surface area contributed by atoms with Crippen molar-refractivity contribution >= 4 is 0 Å². The summed E-state index contributed by atoms with van der Waals surface area (Å²) >= 11 is 0. The van der Waals surface area contributed by atoms with Gasteiger partial charge in [0.05, 0.1) is 5.69 Å². The summed E-state index contributed by atoms with van der Waals surface area (Å²) in [4.78, 5) is 0. The van der Waals surface area contributed by atoms with E-state index in [0.29, 0.717) is 5.92 Å². The summed E-state index contributed by atoms with van der Waals surface area (Å²) in [7, 11) is 0. The van der Waals surface area contributed by atoms with Crippen LogP contribution in [-0.2, 0) is 6.42 Å². The van der Waals surface area contributed by atoms with Crippen molar-refractivity contribution in [3.8, 4) is 0 Å². The Morgan fingerprint density at radius 1 is 1.31 bits per heavy atom. The Labute approximate surface area is 96.6 Å². The minimum absolute atomic E-state index is 0.696. The molecule has 1 aromatic rings. The molecule has 1 saturated carbocycles. The topological polar surface area (TPSA) is 38.1 Å². The highest BCUT2D eigenvalue weighted by Gasteiger charge is 2.24. The zero-order valence-electron chi connectivity index (χ0n) is 9.74. The van der Waals surface area contributed by atoms with Gasteiger partial charge in [-0.3, -0.25) is 0 Å². The van der Waals surface area contributed by atoms with Gasteiger partial charge in [-0.2, -0.15) is 0 Å². The average Bonchev–Trinajstić information content (AvgIpc) is 2.65. The fourth-order valence-corrected chi connectivity index (χ4v) is 2.70. The minimum atomic E-state index is 0.696. The molecule has 1 atom stereocenters. The highest BCUT2D eigenvalue weighted by Crippen LogP contribution is 2.36. The molecule has 0 radical (unpaired) electrons. The number of hydrogen-bond donors (Lipinski definition) is 1. The van der Waals surface area contributed by atoms with E-state index in [0.717, 1.165) is 24.6 Å². The van der Waals surface area contributed by atoms with E-state index in [4.69, 9.17) is 4.52 Å². The van der Waals surface area contributed by atoms with Gasteiger partial charge in [0, 0.05) is 18.4 Å². The molecular formula is C13H20N2O. The van der Waals surface area contributed by atoms with Gasteiger partial charge in [0.15, 0.2) is 0 Å². The van der Waals surface area contributed by atoms with Crippen LogP contribution in [-0.4, -0.2) is 18.2 Å². The maximum Gasteiger partial charge on any atom is 0.137 e. The quantitative estimate of drug-likeness (QED) is 0.850. The van der Waals surface area contributed by atoms with Crippen LogP contribution in [0.2, 0.25) is 0 Å². The zero-order valence-corrected chi connectivity index (χ0v) is 9.74. The SMILES string of the molecule is c1c(C2CCC2)noc1CC1CCCNC1. The lowest BCUT2D eigenvalue weighted by Crippen LogP contribution is -2.30. The maximum absolute atomic E-state index is 5.45. The molecule has 1 unspecified atom stereocenters. The van der Waals surface area contributed by atoms with Crippen molar-refractivity contribution in [2.24, 2.45) is 5.92 Å². The van der Waals surface area contributed by atoms with Gasteiger partial charge in [0.1, 0.15) is 5.76 Å². The molecule has 2 aliphatic rings. The third-order valence-corrected chi connectivity index (χ3v) is 3.99. The lowest BCUT2D eigenvalue weighted by molar-refractivity contribution is 0.312. The summed E-state index contributed by atoms with van der Waals surface area (Å²) in [5.41, 5.74) is 1.20. The Morgan fingerprint density at radius 2 is 2.25 bits per heavy atom. The molecule has 2 fully saturated rings. The molecule has 1 aliphatic heterocycles. The van der Waals surface area contributed by atoms with E-state index in [1.54, 1.807) is 0 Å². The molecule has 3 nitrogen and oxygen atoms in total. The lowest BCUT2D eigenvalue weighted by Gasteiger charge is -2.22. The summed E-state index contributed by atoms with van der Waals surface area (Å²) < 4.78 is 5.45. The van der Waals surface area contributed by atoms with Crippen molar-refractivity contribution in [2.45, 2.75) is 44.4 Å². The van der Waals surface area contributed by atoms with E-state index < -0.39 is 0 Å². The molecule has 1 saturated heterocycles. The molecule has 1 aromatic heterocycles. The fourth-order valence-electron chi connectivity index (χ4n) is 2.70. The number of nitrogens with zero attached hydrogens (tertiary/aromatic N) is 1. The lowest BCUT2D eigenvalue weighted by atomic mass is 9.83. The third kappa shape index (κ3) is 2.14. The molecule has 3 rings (SSSR count). The average molecular weight is 220 g/mol. The Balaban J connectivity index is 1.58. The van der Waals surface area contributed by atoms with Crippen molar-refractivity contribution in [1.29, 1.82) is 0 Å². The van der Waals surface area contributed by atoms with Crippen molar-refractivity contribution in [1.82, 2.24) is 10.5 Å². The Morgan fingerprint density at radius 3 is 2.94 bits per heavy atom. The van der Waals surface area contributed by atoms with Crippen LogP contribution in [0.3, 0.4) is 0 Å². The highest BCUT2D eigenvalue weighted by molar-refractivity contribution is 5.13. The first-order valence-electron chi connectivity index (χ1n) is 6.58. The minimum Gasteiger partial charge on any atom is -0.361 e. The molecule has 0 aromatic carbocycles. The van der Waals surface area contributed by atoms with Gasteiger partial charge in [-0.25, -0.2) is 0 Å². The van der Waals surface area contributed by atoms with Gasteiger partial charge in [0.25, 0.3) is 0 Å².